The Hall–Kier alpha value is -7.26. The van der Waals surface area contributed by atoms with Crippen molar-refractivity contribution in [3.63, 3.8) is 0 Å². The molecule has 0 bridgehead atoms. The minimum atomic E-state index is 0.149. The molecule has 9 nitrogen and oxygen atoms in total. The van der Waals surface area contributed by atoms with Crippen LogP contribution >= 0.6 is 0 Å². The van der Waals surface area contributed by atoms with Gasteiger partial charge in [-0.05, 0) is 127 Å². The van der Waals surface area contributed by atoms with Crippen molar-refractivity contribution >= 4 is 17.7 Å². The minimum absolute atomic E-state index is 0.149. The molecule has 3 atom stereocenters. The fourth-order valence-corrected chi connectivity index (χ4v) is 9.97. The Balaban J connectivity index is 1.26. The molecule has 348 valence electrons. The topological polar surface area (TPSA) is 103 Å². The lowest BCUT2D eigenvalue weighted by atomic mass is 9.76. The second kappa shape index (κ2) is 20.1. The standard InChI is InChI=1S/C60H60N6O3/c1-37(2)31-46-34-67-58(64-46)43-22-16-40(17-23-43)52-55(49-13-7-10-28-61-49)53(41-18-24-44(25-19-41)59-65-47(35-68-59)32-38(3)4)57(51-15-9-12-30-63-51)54(56(52)50-14-8-11-29-62-50)42-20-26-45(27-21-42)60-66-48(36-69-60)33-39(5)6/h7-30,37-39,46-48H,31-36H2,1-6H3/t46-,47-,48-/m0/s1. The molecule has 0 saturated heterocycles. The third-order valence-electron chi connectivity index (χ3n) is 12.9. The normalized spacial score (nSPS) is 17.7. The molecule has 69 heavy (non-hydrogen) atoms. The van der Waals surface area contributed by atoms with Gasteiger partial charge in [0.2, 0.25) is 17.7 Å². The van der Waals surface area contributed by atoms with Crippen molar-refractivity contribution in [2.75, 3.05) is 19.8 Å². The van der Waals surface area contributed by atoms with Crippen LogP contribution in [0, 0.1) is 17.8 Å². The average molecular weight is 913 g/mol. The van der Waals surface area contributed by atoms with Crippen LogP contribution < -0.4 is 0 Å². The SMILES string of the molecule is CC(C)C[C@H]1COC(c2ccc(-c3c(-c4ccccn4)c(-c4ccc(C5=N[C@@H](CC(C)C)CO5)cc4)c(-c4ccccn4)c(-c4ccc(C5=N[C@@H](CC(C)C)CO5)cc4)c3-c3ccccn3)cc2)=N1. The van der Waals surface area contributed by atoms with Crippen molar-refractivity contribution in [1.29, 1.82) is 0 Å². The maximum atomic E-state index is 6.23. The molecule has 10 rings (SSSR count). The summed E-state index contributed by atoms with van der Waals surface area (Å²) in [4.78, 5) is 30.5. The summed E-state index contributed by atoms with van der Waals surface area (Å²) in [6.45, 7) is 15.2. The van der Waals surface area contributed by atoms with Crippen molar-refractivity contribution in [3.05, 3.63) is 163 Å². The van der Waals surface area contributed by atoms with Crippen LogP contribution in [0.1, 0.15) is 77.5 Å². The number of aromatic nitrogens is 3. The van der Waals surface area contributed by atoms with E-state index in [1.54, 1.807) is 0 Å². The van der Waals surface area contributed by atoms with Gasteiger partial charge in [-0.3, -0.25) is 15.0 Å². The molecule has 0 spiro atoms. The minimum Gasteiger partial charge on any atom is -0.475 e. The molecule has 3 aromatic heterocycles. The average Bonchev–Trinajstić information content (AvgIpc) is 4.16. The molecule has 0 unspecified atom stereocenters. The number of ether oxygens (including phenoxy) is 3. The second-order valence-electron chi connectivity index (χ2n) is 19.7. The van der Waals surface area contributed by atoms with Crippen LogP contribution in [-0.4, -0.2) is 70.6 Å². The summed E-state index contributed by atoms with van der Waals surface area (Å²) in [7, 11) is 0. The van der Waals surface area contributed by atoms with Gasteiger partial charge in [-0.15, -0.1) is 0 Å². The fraction of sp³-hybridized carbons (Fsp3) is 0.300. The molecule has 0 aliphatic carbocycles. The first-order valence-corrected chi connectivity index (χ1v) is 24.6. The maximum Gasteiger partial charge on any atom is 0.216 e. The molecule has 4 aromatic carbocycles. The number of hydrogen-bond acceptors (Lipinski definition) is 9. The van der Waals surface area contributed by atoms with Gasteiger partial charge in [-0.2, -0.15) is 0 Å². The molecular weight excluding hydrogens is 853 g/mol. The second-order valence-corrected chi connectivity index (χ2v) is 19.7. The number of aliphatic imine (C=N–C) groups is 3. The van der Waals surface area contributed by atoms with Gasteiger partial charge in [0, 0.05) is 68.7 Å². The van der Waals surface area contributed by atoms with Crippen LogP contribution in [0.3, 0.4) is 0 Å². The van der Waals surface area contributed by atoms with Gasteiger partial charge >= 0.3 is 0 Å². The lowest BCUT2D eigenvalue weighted by Gasteiger charge is -2.27. The Kier molecular flexibility index (Phi) is 13.3. The van der Waals surface area contributed by atoms with Crippen molar-refractivity contribution in [3.8, 4) is 67.2 Å². The molecule has 0 radical (unpaired) electrons. The monoisotopic (exact) mass is 912 g/mol. The summed E-state index contributed by atoms with van der Waals surface area (Å²) >= 11 is 0. The molecule has 3 aliphatic heterocycles. The quantitative estimate of drug-likeness (QED) is 0.101. The number of hydrogen-bond donors (Lipinski definition) is 0. The molecule has 0 fully saturated rings. The highest BCUT2D eigenvalue weighted by Crippen LogP contribution is 2.55. The predicted octanol–water partition coefficient (Wildman–Crippen LogP) is 13.4. The Morgan fingerprint density at radius 3 is 0.841 bits per heavy atom. The van der Waals surface area contributed by atoms with Gasteiger partial charge < -0.3 is 14.2 Å². The maximum absolute atomic E-state index is 6.23. The Morgan fingerprint density at radius 2 is 0.609 bits per heavy atom. The van der Waals surface area contributed by atoms with Gasteiger partial charge in [-0.1, -0.05) is 96.1 Å². The largest absolute Gasteiger partial charge is 0.475 e. The van der Waals surface area contributed by atoms with Crippen molar-refractivity contribution in [1.82, 2.24) is 15.0 Å². The highest BCUT2D eigenvalue weighted by Gasteiger charge is 2.32. The smallest absolute Gasteiger partial charge is 0.216 e. The van der Waals surface area contributed by atoms with E-state index in [2.05, 4.69) is 151 Å². The lowest BCUT2D eigenvalue weighted by Crippen LogP contribution is -2.09. The highest BCUT2D eigenvalue weighted by molar-refractivity contribution is 6.14. The predicted molar refractivity (Wildman–Crippen MR) is 280 cm³/mol. The summed E-state index contributed by atoms with van der Waals surface area (Å²) in [5, 5.41) is 0. The Labute approximate surface area is 406 Å². The van der Waals surface area contributed by atoms with Crippen LogP contribution in [0.2, 0.25) is 0 Å². The van der Waals surface area contributed by atoms with Gasteiger partial charge in [0.15, 0.2) is 0 Å². The summed E-state index contributed by atoms with van der Waals surface area (Å²) in [5.41, 5.74) is 14.1. The van der Waals surface area contributed by atoms with Crippen LogP contribution in [-0.2, 0) is 14.2 Å². The Bertz CT molecular complexity index is 2640. The van der Waals surface area contributed by atoms with Crippen molar-refractivity contribution in [2.24, 2.45) is 32.7 Å². The van der Waals surface area contributed by atoms with E-state index in [4.69, 9.17) is 44.1 Å². The van der Waals surface area contributed by atoms with E-state index < -0.39 is 0 Å². The highest BCUT2D eigenvalue weighted by atomic mass is 16.5. The number of benzene rings is 4. The first kappa shape index (κ1) is 45.5. The van der Waals surface area contributed by atoms with Crippen molar-refractivity contribution in [2.45, 2.75) is 78.9 Å². The summed E-state index contributed by atoms with van der Waals surface area (Å²) in [5.74, 6) is 3.65. The van der Waals surface area contributed by atoms with Gasteiger partial charge in [0.25, 0.3) is 0 Å². The number of rotatable bonds is 15. The lowest BCUT2D eigenvalue weighted by molar-refractivity contribution is 0.301. The van der Waals surface area contributed by atoms with Crippen LogP contribution in [0.5, 0.6) is 0 Å². The van der Waals surface area contributed by atoms with E-state index in [1.165, 1.54) is 0 Å². The first-order chi connectivity index (χ1) is 33.7. The zero-order valence-electron chi connectivity index (χ0n) is 40.5. The molecule has 3 aliphatic rings. The van der Waals surface area contributed by atoms with E-state index in [9.17, 15) is 0 Å². The molecular formula is C60H60N6O3. The van der Waals surface area contributed by atoms with E-state index in [0.717, 1.165) is 103 Å². The molecule has 0 amide bonds. The van der Waals surface area contributed by atoms with Crippen molar-refractivity contribution < 1.29 is 14.2 Å². The number of nitrogens with zero attached hydrogens (tertiary/aromatic N) is 6. The van der Waals surface area contributed by atoms with Crippen LogP contribution in [0.25, 0.3) is 67.2 Å². The molecule has 9 heteroatoms. The summed E-state index contributed by atoms with van der Waals surface area (Å²) in [6, 6.07) is 44.8. The first-order valence-electron chi connectivity index (χ1n) is 24.6. The Morgan fingerprint density at radius 1 is 0.348 bits per heavy atom. The molecule has 7 aromatic rings. The summed E-state index contributed by atoms with van der Waals surface area (Å²) in [6.07, 6.45) is 8.56. The third kappa shape index (κ3) is 9.87. The number of pyridine rings is 3. The van der Waals surface area contributed by atoms with Crippen LogP contribution in [0.4, 0.5) is 0 Å². The third-order valence-corrected chi connectivity index (χ3v) is 12.9. The van der Waals surface area contributed by atoms with E-state index in [-0.39, 0.29) is 18.1 Å². The van der Waals surface area contributed by atoms with E-state index >= 15 is 0 Å². The van der Waals surface area contributed by atoms with E-state index in [0.29, 0.717) is 55.3 Å². The van der Waals surface area contributed by atoms with Gasteiger partial charge in [0.05, 0.1) is 35.2 Å². The summed E-state index contributed by atoms with van der Waals surface area (Å²) < 4.78 is 18.7. The zero-order chi connectivity index (χ0) is 47.4. The van der Waals surface area contributed by atoms with Crippen LogP contribution in [0.15, 0.2) is 161 Å². The fourth-order valence-electron chi connectivity index (χ4n) is 9.97. The van der Waals surface area contributed by atoms with Gasteiger partial charge in [0.1, 0.15) is 19.8 Å². The zero-order valence-corrected chi connectivity index (χ0v) is 40.5. The molecule has 0 saturated carbocycles. The van der Waals surface area contributed by atoms with E-state index in [1.807, 2.05) is 36.8 Å². The molecule has 6 heterocycles. The molecule has 0 N–H and O–H groups in total. The van der Waals surface area contributed by atoms with Gasteiger partial charge in [-0.25, -0.2) is 15.0 Å².